The molecule has 0 spiro atoms. The van der Waals surface area contributed by atoms with Crippen molar-refractivity contribution >= 4 is 44.6 Å². The van der Waals surface area contributed by atoms with E-state index in [9.17, 15) is 0 Å². The van der Waals surface area contributed by atoms with Gasteiger partial charge in [0.25, 0.3) is 0 Å². The van der Waals surface area contributed by atoms with Gasteiger partial charge in [0, 0.05) is 68.5 Å². The van der Waals surface area contributed by atoms with E-state index in [-0.39, 0.29) is 31.9 Å². The molecule has 0 N–H and O–H groups in total. The van der Waals surface area contributed by atoms with Crippen LogP contribution in [0, 0.1) is 18.8 Å². The Labute approximate surface area is 356 Å². The summed E-state index contributed by atoms with van der Waals surface area (Å²) in [5.41, 5.74) is 11.7. The fourth-order valence-electron chi connectivity index (χ4n) is 9.04. The summed E-state index contributed by atoms with van der Waals surface area (Å²) < 4.78 is 10.2. The van der Waals surface area contributed by atoms with Crippen LogP contribution in [-0.2, 0) is 31.9 Å². The van der Waals surface area contributed by atoms with Crippen molar-refractivity contribution in [3.8, 4) is 28.4 Å². The van der Waals surface area contributed by atoms with Crippen LogP contribution in [0.2, 0.25) is 0 Å². The van der Waals surface area contributed by atoms with Gasteiger partial charge in [-0.1, -0.05) is 132 Å². The minimum absolute atomic E-state index is 0. The van der Waals surface area contributed by atoms with Gasteiger partial charge in [0.1, 0.15) is 5.82 Å². The van der Waals surface area contributed by atoms with Gasteiger partial charge in [0.15, 0.2) is 12.4 Å². The first-order chi connectivity index (χ1) is 27.6. The number of quaternary nitrogens is 2. The maximum Gasteiger partial charge on any atom is 0.225 e. The van der Waals surface area contributed by atoms with Crippen LogP contribution in [0.5, 0.6) is 11.5 Å². The van der Waals surface area contributed by atoms with E-state index in [1.165, 1.54) is 28.2 Å². The third kappa shape index (κ3) is 5.66. The summed E-state index contributed by atoms with van der Waals surface area (Å²) in [4.78, 5) is 4.88. The second-order valence-electron chi connectivity index (χ2n) is 17.0. The van der Waals surface area contributed by atoms with Gasteiger partial charge in [-0.15, -0.1) is 29.1 Å². The Morgan fingerprint density at radius 2 is 1.36 bits per heavy atom. The van der Waals surface area contributed by atoms with Crippen molar-refractivity contribution < 1.29 is 25.8 Å². The number of rotatable bonds is 9. The first-order valence-electron chi connectivity index (χ1n) is 20.2. The van der Waals surface area contributed by atoms with Gasteiger partial charge < -0.3 is 9.30 Å². The smallest absolute Gasteiger partial charge is 0.225 e. The number of pyridine rings is 1. The molecule has 0 saturated carbocycles. The second-order valence-corrected chi connectivity index (χ2v) is 17.0. The molecule has 0 aliphatic carbocycles. The molecule has 292 valence electrons. The molecule has 6 heteroatoms. The van der Waals surface area contributed by atoms with E-state index < -0.39 is 0 Å². The van der Waals surface area contributed by atoms with Gasteiger partial charge in [0.05, 0.1) is 5.69 Å². The number of fused-ring (bicyclic) bond motifs is 7. The van der Waals surface area contributed by atoms with Crippen LogP contribution in [0.1, 0.15) is 65.5 Å². The quantitative estimate of drug-likeness (QED) is 0.0819. The number of nitrogens with zero attached hydrogens (tertiary/aromatic N) is 4. The number of aromatic nitrogens is 2. The normalized spacial score (nSPS) is 18.2. The fraction of sp³-hybridized carbons (Fsp3) is 0.192. The van der Waals surface area contributed by atoms with E-state index in [1.807, 2.05) is 12.3 Å². The molecule has 10 rings (SSSR count). The van der Waals surface area contributed by atoms with E-state index in [0.29, 0.717) is 20.7 Å². The van der Waals surface area contributed by atoms with E-state index in [1.54, 1.807) is 0 Å². The van der Waals surface area contributed by atoms with Gasteiger partial charge in [-0.05, 0) is 63.9 Å². The molecule has 1 fully saturated rings. The third-order valence-corrected chi connectivity index (χ3v) is 12.8. The third-order valence-electron chi connectivity index (χ3n) is 12.8. The van der Waals surface area contributed by atoms with E-state index in [0.717, 1.165) is 57.3 Å². The summed E-state index contributed by atoms with van der Waals surface area (Å²) >= 11 is 0. The molecule has 1 unspecified atom stereocenters. The molecule has 2 aliphatic heterocycles. The van der Waals surface area contributed by atoms with E-state index in [4.69, 9.17) is 9.72 Å². The molecule has 0 amide bonds. The van der Waals surface area contributed by atoms with Crippen LogP contribution in [0.4, 0.5) is 22.7 Å². The van der Waals surface area contributed by atoms with Crippen LogP contribution in [0.25, 0.3) is 38.8 Å². The molecular formula is C52H47N4OPt-. The van der Waals surface area contributed by atoms with E-state index in [2.05, 4.69) is 198 Å². The van der Waals surface area contributed by atoms with Gasteiger partial charge in [-0.3, -0.25) is 0 Å². The molecule has 1 saturated heterocycles. The van der Waals surface area contributed by atoms with Crippen LogP contribution in [0.15, 0.2) is 146 Å². The minimum Gasteiger partial charge on any atom is -0.509 e. The second kappa shape index (κ2) is 13.9. The number of benzene rings is 6. The van der Waals surface area contributed by atoms with Crippen LogP contribution >= 0.6 is 0 Å². The minimum atomic E-state index is -0.0194. The molecule has 8 aromatic rings. The first-order valence-corrected chi connectivity index (χ1v) is 20.2. The summed E-state index contributed by atoms with van der Waals surface area (Å²) in [6.07, 6.45) is 4.09. The van der Waals surface area contributed by atoms with Gasteiger partial charge in [-0.2, -0.15) is 10.7 Å². The van der Waals surface area contributed by atoms with Gasteiger partial charge >= 0.3 is 0 Å². The Morgan fingerprint density at radius 3 is 2.12 bits per heavy atom. The average molecular weight is 939 g/mol. The van der Waals surface area contributed by atoms with Crippen molar-refractivity contribution in [1.29, 1.82) is 0 Å². The number of ether oxygens (including phenoxy) is 1. The maximum atomic E-state index is 6.88. The molecule has 2 aliphatic rings. The topological polar surface area (TPSA) is 27.1 Å². The monoisotopic (exact) mass is 938 g/mol. The molecule has 6 aromatic carbocycles. The van der Waals surface area contributed by atoms with Crippen molar-refractivity contribution in [2.24, 2.45) is 0 Å². The number of hydrogen-bond acceptors (Lipinski definition) is 2. The van der Waals surface area contributed by atoms with Crippen molar-refractivity contribution in [3.63, 3.8) is 0 Å². The molecule has 58 heavy (non-hydrogen) atoms. The van der Waals surface area contributed by atoms with Gasteiger partial charge in [0.2, 0.25) is 11.4 Å². The zero-order chi connectivity index (χ0) is 39.2. The molecule has 0 radical (unpaired) electrons. The Hall–Kier alpha value is -5.32. The zero-order valence-corrected chi connectivity index (χ0v) is 36.1. The molecular weight excluding hydrogens is 892 g/mol. The summed E-state index contributed by atoms with van der Waals surface area (Å²) in [6.45, 7) is 16.1. The SMILES string of the molecule is CCC(C)(CC)c1cccc([N@+]23[CH-][N+]2(c2[c-]c(Oc4[c-]c5c(cc4)c4ccccc4n5-c4cc(C(C)(C)C)ccn4)cc(-c4ccccc4)c2)c2ccccc23)c1.[Pt]. The molecule has 0 bridgehead atoms. The Kier molecular flexibility index (Phi) is 9.16. The molecule has 2 aromatic heterocycles. The van der Waals surface area contributed by atoms with Crippen molar-refractivity contribution in [1.82, 2.24) is 18.7 Å². The summed E-state index contributed by atoms with van der Waals surface area (Å²) in [5.74, 6) is 2.13. The summed E-state index contributed by atoms with van der Waals surface area (Å²) in [5, 5.41) is 2.25. The summed E-state index contributed by atoms with van der Waals surface area (Å²) in [7, 11) is 0. The predicted octanol–water partition coefficient (Wildman–Crippen LogP) is 14.0. The van der Waals surface area contributed by atoms with Gasteiger partial charge in [-0.25, -0.2) is 9.58 Å². The largest absolute Gasteiger partial charge is 0.509 e. The Balaban J connectivity index is 0.00000436. The maximum absolute atomic E-state index is 6.88. The zero-order valence-electron chi connectivity index (χ0n) is 33.9. The van der Waals surface area contributed by atoms with Crippen LogP contribution in [-0.4, -0.2) is 9.55 Å². The molecule has 4 heterocycles. The molecule has 2 atom stereocenters. The Bertz CT molecular complexity index is 2850. The standard InChI is InChI=1S/C52H47N4O.Pt/c1-7-52(6,8-2)39-19-16-20-40(31-39)55-35-56(55,49-24-15-14-23-48(49)55)41-29-37(36-17-10-9-11-18-36)30-43(33-41)57-42-25-26-45-44-21-12-13-22-46(44)54(47(45)34-42)50-32-38(27-28-53-50)51(3,4)5;/h9-32,35H,7-8H2,1-6H3;/q-1;/t55-,56?;/m0./s1. The van der Waals surface area contributed by atoms with Crippen molar-refractivity contribution in [2.45, 2.75) is 65.2 Å². The fourth-order valence-corrected chi connectivity index (χ4v) is 9.04. The van der Waals surface area contributed by atoms with E-state index >= 15 is 0 Å². The average Bonchev–Trinajstić information content (AvgIpc) is 3.74. The van der Waals surface area contributed by atoms with Crippen molar-refractivity contribution in [2.75, 3.05) is 0 Å². The predicted molar refractivity (Wildman–Crippen MR) is 235 cm³/mol. The number of para-hydroxylation sites is 3. The Morgan fingerprint density at radius 1 is 0.638 bits per heavy atom. The first kappa shape index (κ1) is 38.2. The molecule has 5 nitrogen and oxygen atoms in total. The number of hydrogen-bond donors (Lipinski definition) is 0. The van der Waals surface area contributed by atoms with Crippen LogP contribution in [0.3, 0.4) is 0 Å². The van der Waals surface area contributed by atoms with Crippen molar-refractivity contribution in [3.05, 3.63) is 176 Å². The van der Waals surface area contributed by atoms with Crippen LogP contribution < -0.4 is 13.9 Å². The summed E-state index contributed by atoms with van der Waals surface area (Å²) in [6, 6.07) is 57.5.